The van der Waals surface area contributed by atoms with Gasteiger partial charge in [0.05, 0.1) is 18.1 Å². The monoisotopic (exact) mass is 308 g/mol. The fraction of sp³-hybridized carbons (Fsp3) is 0.286. The third-order valence-electron chi connectivity index (χ3n) is 2.45. The largest absolute Gasteiger partial charge is 0.458 e. The minimum atomic E-state index is -1.14. The Hall–Kier alpha value is -2.90. The third-order valence-corrected chi connectivity index (χ3v) is 2.45. The van der Waals surface area contributed by atoms with Crippen molar-refractivity contribution < 1.29 is 24.0 Å². The summed E-state index contributed by atoms with van der Waals surface area (Å²) >= 11 is 0. The number of esters is 1. The predicted octanol–water partition coefficient (Wildman–Crippen LogP) is 1.94. The van der Waals surface area contributed by atoms with Crippen LogP contribution in [-0.2, 0) is 14.3 Å². The van der Waals surface area contributed by atoms with E-state index >= 15 is 0 Å². The normalized spacial score (nSPS) is 11.2. The molecule has 0 heterocycles. The van der Waals surface area contributed by atoms with Crippen molar-refractivity contribution in [3.8, 4) is 0 Å². The highest BCUT2D eigenvalue weighted by molar-refractivity contribution is 5.97. The molecule has 1 aromatic rings. The summed E-state index contributed by atoms with van der Waals surface area (Å²) in [5.74, 6) is -1.14. The molecule has 0 fully saturated rings. The minimum absolute atomic E-state index is 0.0301. The molecule has 0 atom stereocenters. The van der Waals surface area contributed by atoms with E-state index in [-0.39, 0.29) is 24.5 Å². The Morgan fingerprint density at radius 1 is 1.14 bits per heavy atom. The van der Waals surface area contributed by atoms with Crippen molar-refractivity contribution in [1.82, 2.24) is 5.32 Å². The number of alkyl carbamates (subject to hydrolysis) is 1. The number of nitrogens with one attached hydrogen (secondary N) is 1. The molecule has 0 aliphatic rings. The Morgan fingerprint density at radius 2 is 1.73 bits per heavy atom. The number of benzene rings is 1. The number of carbonyl (C=O) groups excluding carboxylic acids is 2. The van der Waals surface area contributed by atoms with Crippen LogP contribution in [-0.4, -0.2) is 30.2 Å². The maximum atomic E-state index is 11.8. The molecular formula is C14H16N2O6. The van der Waals surface area contributed by atoms with E-state index in [1.54, 1.807) is 25.1 Å². The first-order chi connectivity index (χ1) is 10.5. The van der Waals surface area contributed by atoms with Crippen LogP contribution in [0.4, 0.5) is 4.79 Å². The number of ether oxygens (including phenoxy) is 2. The van der Waals surface area contributed by atoms with Gasteiger partial charge in [-0.05, 0) is 13.8 Å². The lowest BCUT2D eigenvalue weighted by Crippen LogP contribution is -2.28. The second-order valence-electron chi connectivity index (χ2n) is 3.91. The van der Waals surface area contributed by atoms with Gasteiger partial charge in [-0.3, -0.25) is 15.4 Å². The molecule has 118 valence electrons. The van der Waals surface area contributed by atoms with Gasteiger partial charge in [-0.15, -0.1) is 0 Å². The molecule has 8 nitrogen and oxygen atoms in total. The van der Waals surface area contributed by atoms with Crippen molar-refractivity contribution in [3.05, 3.63) is 51.7 Å². The quantitative estimate of drug-likeness (QED) is 0.372. The average Bonchev–Trinajstić information content (AvgIpc) is 2.47. The molecule has 1 aromatic carbocycles. The molecule has 0 radical (unpaired) electrons. The predicted molar refractivity (Wildman–Crippen MR) is 77.1 cm³/mol. The SMILES string of the molecule is CCOC(=O)N/C(=C(\C(=O)OCC)[N+](=O)[O-])c1ccccc1. The van der Waals surface area contributed by atoms with Gasteiger partial charge in [0.2, 0.25) is 0 Å². The van der Waals surface area contributed by atoms with Crippen LogP contribution in [0.5, 0.6) is 0 Å². The van der Waals surface area contributed by atoms with Gasteiger partial charge in [-0.25, -0.2) is 9.59 Å². The van der Waals surface area contributed by atoms with Gasteiger partial charge < -0.3 is 9.47 Å². The Bertz CT molecular complexity index is 582. The van der Waals surface area contributed by atoms with Gasteiger partial charge in [0, 0.05) is 5.56 Å². The Balaban J connectivity index is 3.37. The molecule has 0 saturated heterocycles. The van der Waals surface area contributed by atoms with E-state index < -0.39 is 22.7 Å². The van der Waals surface area contributed by atoms with E-state index in [9.17, 15) is 19.7 Å². The van der Waals surface area contributed by atoms with Gasteiger partial charge >= 0.3 is 17.8 Å². The summed E-state index contributed by atoms with van der Waals surface area (Å²) in [5.41, 5.74) is -0.848. The van der Waals surface area contributed by atoms with Crippen LogP contribution in [0.1, 0.15) is 19.4 Å². The minimum Gasteiger partial charge on any atom is -0.458 e. The van der Waals surface area contributed by atoms with Crippen LogP contribution in [0.3, 0.4) is 0 Å². The van der Waals surface area contributed by atoms with Crippen LogP contribution < -0.4 is 5.32 Å². The molecule has 0 aromatic heterocycles. The molecule has 1 N–H and O–H groups in total. The van der Waals surface area contributed by atoms with Crippen LogP contribution in [0, 0.1) is 10.1 Å². The lowest BCUT2D eigenvalue weighted by molar-refractivity contribution is -0.420. The Labute approximate surface area is 126 Å². The molecule has 1 amide bonds. The fourth-order valence-electron chi connectivity index (χ4n) is 1.61. The van der Waals surface area contributed by atoms with Gasteiger partial charge in [0.1, 0.15) is 5.70 Å². The molecular weight excluding hydrogens is 292 g/mol. The number of nitro groups is 1. The van der Waals surface area contributed by atoms with Crippen LogP contribution in [0.2, 0.25) is 0 Å². The summed E-state index contributed by atoms with van der Waals surface area (Å²) in [5, 5.41) is 13.5. The van der Waals surface area contributed by atoms with Crippen molar-refractivity contribution in [2.24, 2.45) is 0 Å². The maximum absolute atomic E-state index is 11.8. The van der Waals surface area contributed by atoms with Crippen LogP contribution in [0.15, 0.2) is 36.0 Å². The highest BCUT2D eigenvalue weighted by Gasteiger charge is 2.31. The summed E-state index contributed by atoms with van der Waals surface area (Å²) in [7, 11) is 0. The second-order valence-corrected chi connectivity index (χ2v) is 3.91. The van der Waals surface area contributed by atoms with Gasteiger partial charge in [0.25, 0.3) is 0 Å². The van der Waals surface area contributed by atoms with E-state index in [0.717, 1.165) is 0 Å². The number of hydrogen-bond acceptors (Lipinski definition) is 6. The van der Waals surface area contributed by atoms with E-state index in [1.165, 1.54) is 19.1 Å². The molecule has 22 heavy (non-hydrogen) atoms. The van der Waals surface area contributed by atoms with E-state index in [4.69, 9.17) is 4.74 Å². The van der Waals surface area contributed by atoms with Gasteiger partial charge in [-0.1, -0.05) is 30.3 Å². The molecule has 8 heteroatoms. The summed E-state index contributed by atoms with van der Waals surface area (Å²) < 4.78 is 9.38. The lowest BCUT2D eigenvalue weighted by atomic mass is 10.1. The molecule has 0 saturated carbocycles. The van der Waals surface area contributed by atoms with E-state index in [1.807, 2.05) is 0 Å². The van der Waals surface area contributed by atoms with Crippen LogP contribution in [0.25, 0.3) is 5.70 Å². The summed E-state index contributed by atoms with van der Waals surface area (Å²) in [6.45, 7) is 3.17. The first-order valence-electron chi connectivity index (χ1n) is 6.56. The Morgan fingerprint density at radius 3 is 2.23 bits per heavy atom. The highest BCUT2D eigenvalue weighted by atomic mass is 16.6. The standard InChI is InChI=1S/C14H16N2O6/c1-3-21-13(17)12(16(19)20)11(15-14(18)22-4-2)10-8-6-5-7-9-10/h5-9H,3-4H2,1-2H3,(H,15,18)/b12-11+. The molecule has 0 bridgehead atoms. The van der Waals surface area contributed by atoms with Crippen molar-refractivity contribution >= 4 is 17.8 Å². The van der Waals surface area contributed by atoms with Crippen molar-refractivity contribution in [2.45, 2.75) is 13.8 Å². The molecule has 0 aliphatic carbocycles. The van der Waals surface area contributed by atoms with Gasteiger partial charge in [-0.2, -0.15) is 0 Å². The number of nitrogens with zero attached hydrogens (tertiary/aromatic N) is 1. The zero-order chi connectivity index (χ0) is 16.5. The Kier molecular flexibility index (Phi) is 6.55. The van der Waals surface area contributed by atoms with Crippen molar-refractivity contribution in [1.29, 1.82) is 0 Å². The lowest BCUT2D eigenvalue weighted by Gasteiger charge is -2.10. The fourth-order valence-corrected chi connectivity index (χ4v) is 1.61. The number of hydrogen-bond donors (Lipinski definition) is 1. The molecule has 0 spiro atoms. The zero-order valence-electron chi connectivity index (χ0n) is 12.2. The summed E-state index contributed by atoms with van der Waals surface area (Å²) in [6, 6.07) is 7.96. The van der Waals surface area contributed by atoms with E-state index in [0.29, 0.717) is 0 Å². The zero-order valence-corrected chi connectivity index (χ0v) is 12.2. The second kappa shape index (κ2) is 8.40. The van der Waals surface area contributed by atoms with Crippen LogP contribution >= 0.6 is 0 Å². The van der Waals surface area contributed by atoms with Gasteiger partial charge in [0.15, 0.2) is 0 Å². The number of amides is 1. The topological polar surface area (TPSA) is 108 Å². The third kappa shape index (κ3) is 4.58. The number of rotatable bonds is 6. The van der Waals surface area contributed by atoms with E-state index in [2.05, 4.69) is 10.1 Å². The first kappa shape index (κ1) is 17.2. The molecule has 1 rings (SSSR count). The first-order valence-corrected chi connectivity index (χ1v) is 6.56. The average molecular weight is 308 g/mol. The molecule has 0 aliphatic heterocycles. The smallest absolute Gasteiger partial charge is 0.412 e. The highest BCUT2D eigenvalue weighted by Crippen LogP contribution is 2.18. The summed E-state index contributed by atoms with van der Waals surface area (Å²) in [4.78, 5) is 33.7. The molecule has 0 unspecified atom stereocenters. The number of carbonyl (C=O) groups is 2. The summed E-state index contributed by atoms with van der Waals surface area (Å²) in [6.07, 6.45) is -0.898. The van der Waals surface area contributed by atoms with Crippen molar-refractivity contribution in [2.75, 3.05) is 13.2 Å². The van der Waals surface area contributed by atoms with Crippen molar-refractivity contribution in [3.63, 3.8) is 0 Å². The maximum Gasteiger partial charge on any atom is 0.412 e.